The molecule has 1 fully saturated rings. The third-order valence-electron chi connectivity index (χ3n) is 5.49. The normalized spacial score (nSPS) is 15.9. The fraction of sp³-hybridized carbons (Fsp3) is 0.375. The number of aryl methyl sites for hydroxylation is 1. The van der Waals surface area contributed by atoms with E-state index in [-0.39, 0.29) is 17.7 Å². The fourth-order valence-electron chi connectivity index (χ4n) is 3.83. The van der Waals surface area contributed by atoms with Crippen LogP contribution in [0.15, 0.2) is 42.7 Å². The molecule has 3 aromatic heterocycles. The van der Waals surface area contributed by atoms with E-state index in [4.69, 9.17) is 0 Å². The van der Waals surface area contributed by atoms with Crippen LogP contribution < -0.4 is 5.32 Å². The number of amides is 2. The first-order valence-corrected chi connectivity index (χ1v) is 11.7. The van der Waals surface area contributed by atoms with E-state index in [2.05, 4.69) is 34.1 Å². The second-order valence-corrected chi connectivity index (χ2v) is 9.42. The van der Waals surface area contributed by atoms with Crippen LogP contribution in [0.5, 0.6) is 0 Å². The first-order valence-electron chi connectivity index (χ1n) is 10.8. The van der Waals surface area contributed by atoms with Gasteiger partial charge in [-0.3, -0.25) is 19.6 Å². The van der Waals surface area contributed by atoms with Crippen LogP contribution in [-0.2, 0) is 0 Å². The molecule has 0 spiro atoms. The van der Waals surface area contributed by atoms with Gasteiger partial charge in [0.15, 0.2) is 0 Å². The number of carbonyl (C=O) groups is 2. The first kappa shape index (κ1) is 22.1. The van der Waals surface area contributed by atoms with Gasteiger partial charge in [-0.25, -0.2) is 4.98 Å². The van der Waals surface area contributed by atoms with Gasteiger partial charge in [-0.05, 0) is 43.5 Å². The number of likely N-dealkylation sites (tertiary alicyclic amines) is 1. The predicted octanol–water partition coefficient (Wildman–Crippen LogP) is 3.92. The Morgan fingerprint density at radius 3 is 2.75 bits per heavy atom. The molecule has 1 saturated heterocycles. The lowest BCUT2D eigenvalue weighted by molar-refractivity contribution is 0.0794. The number of pyridine rings is 2. The van der Waals surface area contributed by atoms with Crippen molar-refractivity contribution >= 4 is 23.2 Å². The molecule has 32 heavy (non-hydrogen) atoms. The Morgan fingerprint density at radius 1 is 1.19 bits per heavy atom. The Bertz CT molecular complexity index is 1110. The summed E-state index contributed by atoms with van der Waals surface area (Å²) in [5, 5.41) is 3.72. The van der Waals surface area contributed by atoms with Crippen molar-refractivity contribution in [3.8, 4) is 10.7 Å². The number of rotatable bonds is 6. The van der Waals surface area contributed by atoms with E-state index in [0.717, 1.165) is 28.5 Å². The summed E-state index contributed by atoms with van der Waals surface area (Å²) >= 11 is 1.38. The lowest BCUT2D eigenvalue weighted by Crippen LogP contribution is -2.30. The molecule has 0 radical (unpaired) electrons. The van der Waals surface area contributed by atoms with Crippen molar-refractivity contribution in [2.75, 3.05) is 19.6 Å². The van der Waals surface area contributed by atoms with Gasteiger partial charge in [0, 0.05) is 37.9 Å². The topological polar surface area (TPSA) is 88.1 Å². The standard InChI is InChI=1S/C24H27N5O2S/c1-15(2)13-27-22(30)18-7-6-11-26-20(18)17-9-12-29(14-17)24(31)21-16(3)28-23(32-21)19-8-4-5-10-25-19/h4-8,10-11,15,17H,9,12-14H2,1-3H3,(H,27,30)/t17-/m1/s1. The number of aromatic nitrogens is 3. The molecule has 1 aliphatic heterocycles. The van der Waals surface area contributed by atoms with Crippen molar-refractivity contribution in [1.29, 1.82) is 0 Å². The fourth-order valence-corrected chi connectivity index (χ4v) is 4.84. The lowest BCUT2D eigenvalue weighted by atomic mass is 9.98. The lowest BCUT2D eigenvalue weighted by Gasteiger charge is -2.17. The highest BCUT2D eigenvalue weighted by atomic mass is 32.1. The van der Waals surface area contributed by atoms with Gasteiger partial charge in [-0.15, -0.1) is 11.3 Å². The van der Waals surface area contributed by atoms with E-state index >= 15 is 0 Å². The molecule has 0 unspecified atom stereocenters. The minimum atomic E-state index is -0.107. The number of hydrogen-bond acceptors (Lipinski definition) is 6. The molecule has 0 saturated carbocycles. The summed E-state index contributed by atoms with van der Waals surface area (Å²) in [6.45, 7) is 7.77. The van der Waals surface area contributed by atoms with Crippen LogP contribution in [0.1, 0.15) is 57.6 Å². The van der Waals surface area contributed by atoms with Gasteiger partial charge in [0.2, 0.25) is 0 Å². The predicted molar refractivity (Wildman–Crippen MR) is 125 cm³/mol. The molecule has 1 atom stereocenters. The molecule has 8 heteroatoms. The zero-order valence-electron chi connectivity index (χ0n) is 18.5. The Balaban J connectivity index is 1.50. The number of hydrogen-bond donors (Lipinski definition) is 1. The minimum Gasteiger partial charge on any atom is -0.352 e. The second kappa shape index (κ2) is 9.56. The molecule has 4 rings (SSSR count). The monoisotopic (exact) mass is 449 g/mol. The van der Waals surface area contributed by atoms with E-state index in [9.17, 15) is 9.59 Å². The molecule has 0 bridgehead atoms. The van der Waals surface area contributed by atoms with Crippen molar-refractivity contribution in [1.82, 2.24) is 25.2 Å². The zero-order chi connectivity index (χ0) is 22.7. The van der Waals surface area contributed by atoms with E-state index < -0.39 is 0 Å². The van der Waals surface area contributed by atoms with Gasteiger partial charge >= 0.3 is 0 Å². The van der Waals surface area contributed by atoms with Crippen molar-refractivity contribution in [2.24, 2.45) is 5.92 Å². The Hall–Kier alpha value is -3.13. The highest BCUT2D eigenvalue weighted by Gasteiger charge is 2.32. The summed E-state index contributed by atoms with van der Waals surface area (Å²) in [7, 11) is 0. The van der Waals surface area contributed by atoms with E-state index in [1.807, 2.05) is 36.1 Å². The molecular weight excluding hydrogens is 422 g/mol. The third-order valence-corrected chi connectivity index (χ3v) is 6.66. The SMILES string of the molecule is Cc1nc(-c2ccccn2)sc1C(=O)N1CC[C@@H](c2ncccc2C(=O)NCC(C)C)C1. The average molecular weight is 450 g/mol. The molecular formula is C24H27N5O2S. The van der Waals surface area contributed by atoms with Crippen LogP contribution >= 0.6 is 11.3 Å². The van der Waals surface area contributed by atoms with Gasteiger partial charge in [-0.2, -0.15) is 0 Å². The largest absolute Gasteiger partial charge is 0.352 e. The van der Waals surface area contributed by atoms with Crippen molar-refractivity contribution < 1.29 is 9.59 Å². The first-order chi connectivity index (χ1) is 15.4. The van der Waals surface area contributed by atoms with Crippen molar-refractivity contribution in [3.05, 3.63) is 64.6 Å². The van der Waals surface area contributed by atoms with Gasteiger partial charge in [0.05, 0.1) is 22.6 Å². The highest BCUT2D eigenvalue weighted by molar-refractivity contribution is 7.17. The van der Waals surface area contributed by atoms with Crippen LogP contribution in [0.2, 0.25) is 0 Å². The number of nitrogens with one attached hydrogen (secondary N) is 1. The number of nitrogens with zero attached hydrogens (tertiary/aromatic N) is 4. The van der Waals surface area contributed by atoms with Crippen molar-refractivity contribution in [3.63, 3.8) is 0 Å². The smallest absolute Gasteiger partial charge is 0.265 e. The summed E-state index contributed by atoms with van der Waals surface area (Å²) in [6.07, 6.45) is 4.21. The van der Waals surface area contributed by atoms with Crippen LogP contribution in [0.3, 0.4) is 0 Å². The maximum atomic E-state index is 13.3. The second-order valence-electron chi connectivity index (χ2n) is 8.43. The van der Waals surface area contributed by atoms with Gasteiger partial charge < -0.3 is 10.2 Å². The van der Waals surface area contributed by atoms with Gasteiger partial charge in [0.1, 0.15) is 9.88 Å². The van der Waals surface area contributed by atoms with Gasteiger partial charge in [-0.1, -0.05) is 19.9 Å². The van der Waals surface area contributed by atoms with Crippen LogP contribution in [0, 0.1) is 12.8 Å². The summed E-state index contributed by atoms with van der Waals surface area (Å²) < 4.78 is 0. The molecule has 0 aliphatic carbocycles. The minimum absolute atomic E-state index is 0.0218. The summed E-state index contributed by atoms with van der Waals surface area (Å²) in [4.78, 5) is 41.9. The van der Waals surface area contributed by atoms with E-state index in [1.165, 1.54) is 11.3 Å². The number of thiazole rings is 1. The third kappa shape index (κ3) is 4.70. The highest BCUT2D eigenvalue weighted by Crippen LogP contribution is 2.32. The Morgan fingerprint density at radius 2 is 2.00 bits per heavy atom. The molecule has 1 N–H and O–H groups in total. The van der Waals surface area contributed by atoms with Crippen LogP contribution in [0.25, 0.3) is 10.7 Å². The quantitative estimate of drug-likeness (QED) is 0.616. The van der Waals surface area contributed by atoms with Crippen LogP contribution in [-0.4, -0.2) is 51.3 Å². The maximum Gasteiger partial charge on any atom is 0.265 e. The maximum absolute atomic E-state index is 13.3. The molecule has 166 valence electrons. The average Bonchev–Trinajstić information content (AvgIpc) is 3.45. The Labute approximate surface area is 191 Å². The van der Waals surface area contributed by atoms with Gasteiger partial charge in [0.25, 0.3) is 11.8 Å². The molecule has 3 aromatic rings. The molecule has 1 aliphatic rings. The summed E-state index contributed by atoms with van der Waals surface area (Å²) in [5.74, 6) is 0.275. The summed E-state index contributed by atoms with van der Waals surface area (Å²) in [6, 6.07) is 9.26. The van der Waals surface area contributed by atoms with Crippen LogP contribution in [0.4, 0.5) is 0 Å². The van der Waals surface area contributed by atoms with Crippen molar-refractivity contribution in [2.45, 2.75) is 33.1 Å². The van der Waals surface area contributed by atoms with E-state index in [0.29, 0.717) is 36.0 Å². The Kier molecular flexibility index (Phi) is 6.60. The molecule has 7 nitrogen and oxygen atoms in total. The molecule has 2 amide bonds. The summed E-state index contributed by atoms with van der Waals surface area (Å²) in [5.41, 5.74) is 2.85. The number of carbonyl (C=O) groups excluding carboxylic acids is 2. The molecule has 0 aromatic carbocycles. The van der Waals surface area contributed by atoms with E-state index in [1.54, 1.807) is 18.5 Å². The zero-order valence-corrected chi connectivity index (χ0v) is 19.4. The molecule has 4 heterocycles.